The quantitative estimate of drug-likeness (QED) is 0.225. The van der Waals surface area contributed by atoms with Gasteiger partial charge in [-0.1, -0.05) is 12.1 Å². The molecule has 3 heterocycles. The summed E-state index contributed by atoms with van der Waals surface area (Å²) in [4.78, 5) is 19.5. The number of nitrogens with one attached hydrogen (secondary N) is 2. The van der Waals surface area contributed by atoms with Crippen molar-refractivity contribution in [1.29, 1.82) is 0 Å². The zero-order valence-corrected chi connectivity index (χ0v) is 22.5. The van der Waals surface area contributed by atoms with Crippen molar-refractivity contribution in [2.75, 3.05) is 57.2 Å². The van der Waals surface area contributed by atoms with Gasteiger partial charge in [0.1, 0.15) is 18.2 Å². The minimum absolute atomic E-state index is 0.124. The number of aliphatic hydroxyl groups excluding tert-OH is 2. The molecule has 0 unspecified atom stereocenters. The standard InChI is InChI=1S/C30H35N5O5/c1-31-35-13-9-24-18-28(27(20-26(24)35)39-17-16-37)40-25-6-10-32-29(19-25)33-30(38)23-4-2-21(3-5-23)22-7-11-34(12-8-22)14-15-36/h2-6,9-10,13,18-20,22,31,36-37H,7-8,11-12,14-17H2,1H3,(H,32,33,38). The molecule has 0 radical (unpaired) electrons. The van der Waals surface area contributed by atoms with E-state index >= 15 is 0 Å². The van der Waals surface area contributed by atoms with E-state index in [0.717, 1.165) is 43.4 Å². The van der Waals surface area contributed by atoms with E-state index < -0.39 is 0 Å². The Hall–Kier alpha value is -4.12. The molecule has 1 amide bonds. The number of likely N-dealkylation sites (tertiary alicyclic amines) is 1. The van der Waals surface area contributed by atoms with E-state index in [1.54, 1.807) is 18.3 Å². The Bertz CT molecular complexity index is 1430. The number of pyridine rings is 1. The first-order valence-electron chi connectivity index (χ1n) is 13.5. The molecular formula is C30H35N5O5. The molecule has 0 spiro atoms. The normalized spacial score (nSPS) is 14.3. The number of anilines is 1. The molecule has 4 N–H and O–H groups in total. The van der Waals surface area contributed by atoms with E-state index in [1.807, 2.05) is 60.4 Å². The van der Waals surface area contributed by atoms with Gasteiger partial charge >= 0.3 is 0 Å². The van der Waals surface area contributed by atoms with Crippen LogP contribution in [0.4, 0.5) is 5.82 Å². The third-order valence-electron chi connectivity index (χ3n) is 7.19. The summed E-state index contributed by atoms with van der Waals surface area (Å²) in [5.74, 6) is 2.02. The van der Waals surface area contributed by atoms with Crippen molar-refractivity contribution in [2.24, 2.45) is 0 Å². The van der Waals surface area contributed by atoms with E-state index in [2.05, 4.69) is 20.6 Å². The molecular weight excluding hydrogens is 510 g/mol. The van der Waals surface area contributed by atoms with Crippen LogP contribution in [0.3, 0.4) is 0 Å². The molecule has 1 fully saturated rings. The summed E-state index contributed by atoms with van der Waals surface area (Å²) in [6.45, 7) is 2.87. The van der Waals surface area contributed by atoms with Crippen molar-refractivity contribution in [3.05, 3.63) is 78.1 Å². The smallest absolute Gasteiger partial charge is 0.256 e. The second-order valence-electron chi connectivity index (χ2n) is 9.73. The summed E-state index contributed by atoms with van der Waals surface area (Å²) < 4.78 is 13.8. The molecule has 0 saturated carbocycles. The molecule has 2 aromatic heterocycles. The van der Waals surface area contributed by atoms with Crippen molar-refractivity contribution in [1.82, 2.24) is 14.6 Å². The largest absolute Gasteiger partial charge is 0.487 e. The van der Waals surface area contributed by atoms with Gasteiger partial charge in [-0.2, -0.15) is 0 Å². The zero-order chi connectivity index (χ0) is 27.9. The molecule has 1 saturated heterocycles. The van der Waals surface area contributed by atoms with E-state index in [4.69, 9.17) is 14.6 Å². The first-order chi connectivity index (χ1) is 19.6. The molecule has 5 rings (SSSR count). The van der Waals surface area contributed by atoms with Crippen LogP contribution in [0.25, 0.3) is 10.9 Å². The Morgan fingerprint density at radius 3 is 2.55 bits per heavy atom. The predicted octanol–water partition coefficient (Wildman–Crippen LogP) is 3.80. The van der Waals surface area contributed by atoms with Crippen LogP contribution in [0.1, 0.15) is 34.7 Å². The highest BCUT2D eigenvalue weighted by atomic mass is 16.5. The number of aromatic nitrogens is 2. The van der Waals surface area contributed by atoms with Crippen molar-refractivity contribution >= 4 is 22.6 Å². The van der Waals surface area contributed by atoms with Crippen LogP contribution in [0, 0.1) is 0 Å². The summed E-state index contributed by atoms with van der Waals surface area (Å²) in [7, 11) is 1.82. The Balaban J connectivity index is 1.26. The SMILES string of the molecule is CNn1ccc2cc(Oc3ccnc(NC(=O)c4ccc(C5CCN(CCO)CC5)cc4)c3)c(OCCO)cc21. The molecule has 0 atom stereocenters. The maximum absolute atomic E-state index is 13.0. The van der Waals surface area contributed by atoms with Gasteiger partial charge < -0.3 is 35.3 Å². The van der Waals surface area contributed by atoms with Crippen LogP contribution >= 0.6 is 0 Å². The fraction of sp³-hybridized carbons (Fsp3) is 0.333. The molecule has 4 aromatic rings. The highest BCUT2D eigenvalue weighted by molar-refractivity contribution is 6.03. The van der Waals surface area contributed by atoms with Crippen molar-refractivity contribution in [3.8, 4) is 17.2 Å². The second-order valence-corrected chi connectivity index (χ2v) is 9.73. The molecule has 10 heteroatoms. The predicted molar refractivity (Wildman–Crippen MR) is 154 cm³/mol. The van der Waals surface area contributed by atoms with Gasteiger partial charge in [-0.15, -0.1) is 0 Å². The average Bonchev–Trinajstić information content (AvgIpc) is 3.38. The van der Waals surface area contributed by atoms with Crippen molar-refractivity contribution in [2.45, 2.75) is 18.8 Å². The maximum atomic E-state index is 13.0. The van der Waals surface area contributed by atoms with Gasteiger partial charge in [0.2, 0.25) is 0 Å². The molecule has 2 aromatic carbocycles. The van der Waals surface area contributed by atoms with Gasteiger partial charge in [0.05, 0.1) is 18.7 Å². The fourth-order valence-corrected chi connectivity index (χ4v) is 5.08. The average molecular weight is 546 g/mol. The Morgan fingerprint density at radius 2 is 1.82 bits per heavy atom. The monoisotopic (exact) mass is 545 g/mol. The fourth-order valence-electron chi connectivity index (χ4n) is 5.08. The molecule has 0 aliphatic carbocycles. The molecule has 40 heavy (non-hydrogen) atoms. The van der Waals surface area contributed by atoms with Gasteiger partial charge in [0.25, 0.3) is 5.91 Å². The van der Waals surface area contributed by atoms with Gasteiger partial charge in [-0.05, 0) is 67.7 Å². The summed E-state index contributed by atoms with van der Waals surface area (Å²) >= 11 is 0. The molecule has 210 valence electrons. The number of ether oxygens (including phenoxy) is 2. The van der Waals surface area contributed by atoms with E-state index in [1.165, 1.54) is 5.56 Å². The molecule has 0 bridgehead atoms. The Kier molecular flexibility index (Phi) is 8.80. The van der Waals surface area contributed by atoms with Crippen LogP contribution in [0.2, 0.25) is 0 Å². The topological polar surface area (TPSA) is 121 Å². The molecule has 1 aliphatic heterocycles. The number of carbonyl (C=O) groups excluding carboxylic acids is 1. The summed E-state index contributed by atoms with van der Waals surface area (Å²) in [6, 6.07) is 16.8. The number of piperidine rings is 1. The number of carbonyl (C=O) groups is 1. The molecule has 10 nitrogen and oxygen atoms in total. The lowest BCUT2D eigenvalue weighted by Gasteiger charge is -2.31. The van der Waals surface area contributed by atoms with Crippen LogP contribution in [0.5, 0.6) is 17.2 Å². The third kappa shape index (κ3) is 6.36. The zero-order valence-electron chi connectivity index (χ0n) is 22.5. The van der Waals surface area contributed by atoms with Crippen LogP contribution in [-0.2, 0) is 0 Å². The van der Waals surface area contributed by atoms with Crippen LogP contribution in [-0.4, -0.2) is 77.2 Å². The van der Waals surface area contributed by atoms with Gasteiger partial charge in [0.15, 0.2) is 11.5 Å². The van der Waals surface area contributed by atoms with Crippen LogP contribution in [0.15, 0.2) is 67.0 Å². The summed E-state index contributed by atoms with van der Waals surface area (Å²) in [5.41, 5.74) is 5.77. The molecule has 1 aliphatic rings. The number of hydrogen-bond donors (Lipinski definition) is 4. The summed E-state index contributed by atoms with van der Waals surface area (Å²) in [6.07, 6.45) is 5.56. The maximum Gasteiger partial charge on any atom is 0.256 e. The highest BCUT2D eigenvalue weighted by Crippen LogP contribution is 2.36. The number of aliphatic hydroxyl groups is 2. The Labute approximate surface area is 233 Å². The number of fused-ring (bicyclic) bond motifs is 1. The van der Waals surface area contributed by atoms with Gasteiger partial charge in [-0.25, -0.2) is 4.98 Å². The van der Waals surface area contributed by atoms with E-state index in [-0.39, 0.29) is 25.7 Å². The minimum Gasteiger partial charge on any atom is -0.487 e. The number of β-amino-alcohol motifs (C(OH)–C–C–N with tert-alkyl or cyclic N) is 1. The number of amides is 1. The van der Waals surface area contributed by atoms with E-state index in [0.29, 0.717) is 34.5 Å². The second kappa shape index (κ2) is 12.8. The number of nitrogens with zero attached hydrogens (tertiary/aromatic N) is 3. The number of hydrogen-bond acceptors (Lipinski definition) is 8. The first kappa shape index (κ1) is 27.4. The van der Waals surface area contributed by atoms with Crippen molar-refractivity contribution in [3.63, 3.8) is 0 Å². The first-order valence-corrected chi connectivity index (χ1v) is 13.5. The van der Waals surface area contributed by atoms with Crippen LogP contribution < -0.4 is 20.2 Å². The summed E-state index contributed by atoms with van der Waals surface area (Å²) in [5, 5.41) is 22.2. The Morgan fingerprint density at radius 1 is 1.02 bits per heavy atom. The van der Waals surface area contributed by atoms with E-state index in [9.17, 15) is 9.90 Å². The highest BCUT2D eigenvalue weighted by Gasteiger charge is 2.20. The number of rotatable bonds is 11. The van der Waals surface area contributed by atoms with Crippen molar-refractivity contribution < 1.29 is 24.5 Å². The van der Waals surface area contributed by atoms with Gasteiger partial charge in [-0.3, -0.25) is 9.47 Å². The minimum atomic E-state index is -0.254. The lowest BCUT2D eigenvalue weighted by Crippen LogP contribution is -2.34. The lowest BCUT2D eigenvalue weighted by molar-refractivity contribution is 0.102. The third-order valence-corrected chi connectivity index (χ3v) is 7.19. The van der Waals surface area contributed by atoms with Gasteiger partial charge in [0, 0.05) is 49.1 Å². The number of benzene rings is 2. The lowest BCUT2D eigenvalue weighted by atomic mass is 9.89.